The largest absolute Gasteiger partial charge is 0.390 e. The average Bonchev–Trinajstić information content (AvgIpc) is 2.97. The minimum absolute atomic E-state index is 0.103. The number of aromatic nitrogens is 2. The number of pyridine rings is 2. The fraction of sp³-hybridized carbons (Fsp3) is 0.278. The number of amides is 1. The van der Waals surface area contributed by atoms with Crippen LogP contribution >= 0.6 is 11.3 Å². The van der Waals surface area contributed by atoms with Crippen LogP contribution in [0.15, 0.2) is 30.7 Å². The van der Waals surface area contributed by atoms with Crippen molar-refractivity contribution in [1.82, 2.24) is 9.97 Å². The number of carbonyl (C=O) groups is 1. The van der Waals surface area contributed by atoms with Crippen LogP contribution in [-0.4, -0.2) is 35.0 Å². The van der Waals surface area contributed by atoms with Gasteiger partial charge in [-0.1, -0.05) is 0 Å². The summed E-state index contributed by atoms with van der Waals surface area (Å²) in [6, 6.07) is 3.28. The number of nitrogens with two attached hydrogens (primary N) is 2. The molecule has 0 bridgehead atoms. The minimum Gasteiger partial charge on any atom is -0.390 e. The number of piperidine rings is 1. The Morgan fingerprint density at radius 1 is 1.41 bits per heavy atom. The van der Waals surface area contributed by atoms with Gasteiger partial charge in [0.2, 0.25) is 0 Å². The van der Waals surface area contributed by atoms with Crippen molar-refractivity contribution in [3.8, 4) is 0 Å². The minimum atomic E-state index is -0.466. The summed E-state index contributed by atoms with van der Waals surface area (Å²) in [6.45, 7) is 1.59. The SMILES string of the molecule is Nc1sc2cc(F)cnc2c1C(=O)Nc1cnccc1N1CCCC(N)C1. The topological polar surface area (TPSA) is 110 Å². The molecular formula is C18H19FN6OS. The Bertz CT molecular complexity index is 1010. The Morgan fingerprint density at radius 3 is 3.07 bits per heavy atom. The highest BCUT2D eigenvalue weighted by atomic mass is 32.1. The molecule has 27 heavy (non-hydrogen) atoms. The van der Waals surface area contributed by atoms with Gasteiger partial charge in [-0.15, -0.1) is 11.3 Å². The van der Waals surface area contributed by atoms with E-state index in [-0.39, 0.29) is 11.6 Å². The Labute approximate surface area is 159 Å². The van der Waals surface area contributed by atoms with Crippen molar-refractivity contribution in [3.63, 3.8) is 0 Å². The zero-order valence-electron chi connectivity index (χ0n) is 14.5. The van der Waals surface area contributed by atoms with Crippen molar-refractivity contribution >= 4 is 43.8 Å². The maximum Gasteiger partial charge on any atom is 0.260 e. The average molecular weight is 386 g/mol. The van der Waals surface area contributed by atoms with E-state index in [1.165, 1.54) is 6.07 Å². The lowest BCUT2D eigenvalue weighted by Crippen LogP contribution is -2.43. The molecule has 1 saturated heterocycles. The number of fused-ring (bicyclic) bond motifs is 1. The second-order valence-corrected chi connectivity index (χ2v) is 7.62. The fourth-order valence-corrected chi connectivity index (χ4v) is 4.32. The lowest BCUT2D eigenvalue weighted by molar-refractivity contribution is 0.102. The van der Waals surface area contributed by atoms with E-state index in [1.54, 1.807) is 12.4 Å². The Hall–Kier alpha value is -2.78. The van der Waals surface area contributed by atoms with E-state index in [1.807, 2.05) is 6.07 Å². The number of hydrogen-bond acceptors (Lipinski definition) is 7. The Balaban J connectivity index is 1.65. The van der Waals surface area contributed by atoms with E-state index in [0.717, 1.165) is 49.2 Å². The highest BCUT2D eigenvalue weighted by molar-refractivity contribution is 7.23. The first-order valence-electron chi connectivity index (χ1n) is 8.62. The number of nitrogens with zero attached hydrogens (tertiary/aromatic N) is 3. The third kappa shape index (κ3) is 3.43. The molecule has 4 rings (SSSR count). The quantitative estimate of drug-likeness (QED) is 0.638. The number of nitrogen functional groups attached to an aromatic ring is 1. The van der Waals surface area contributed by atoms with Crippen molar-refractivity contribution in [3.05, 3.63) is 42.1 Å². The summed E-state index contributed by atoms with van der Waals surface area (Å²) in [5.74, 6) is -0.861. The lowest BCUT2D eigenvalue weighted by Gasteiger charge is -2.33. The number of carbonyl (C=O) groups excluding carboxylic acids is 1. The molecule has 0 aromatic carbocycles. The van der Waals surface area contributed by atoms with Crippen molar-refractivity contribution in [1.29, 1.82) is 0 Å². The molecule has 3 aromatic rings. The van der Waals surface area contributed by atoms with Crippen molar-refractivity contribution in [2.24, 2.45) is 5.73 Å². The molecule has 4 heterocycles. The highest BCUT2D eigenvalue weighted by Gasteiger charge is 2.23. The van der Waals surface area contributed by atoms with Crippen LogP contribution in [0.3, 0.4) is 0 Å². The molecule has 1 unspecified atom stereocenters. The van der Waals surface area contributed by atoms with Gasteiger partial charge in [-0.2, -0.15) is 0 Å². The third-order valence-electron chi connectivity index (χ3n) is 4.59. The molecule has 1 amide bonds. The molecule has 9 heteroatoms. The van der Waals surface area contributed by atoms with Crippen LogP contribution in [-0.2, 0) is 0 Å². The van der Waals surface area contributed by atoms with Gasteiger partial charge in [-0.25, -0.2) is 4.39 Å². The molecule has 1 aliphatic heterocycles. The van der Waals surface area contributed by atoms with Gasteiger partial charge in [0.05, 0.1) is 34.0 Å². The second kappa shape index (κ2) is 7.09. The third-order valence-corrected chi connectivity index (χ3v) is 5.55. The van der Waals surface area contributed by atoms with E-state index < -0.39 is 11.7 Å². The van der Waals surface area contributed by atoms with Crippen LogP contribution in [0, 0.1) is 5.82 Å². The van der Waals surface area contributed by atoms with Crippen LogP contribution in [0.2, 0.25) is 0 Å². The van der Waals surface area contributed by atoms with Crippen molar-refractivity contribution in [2.45, 2.75) is 18.9 Å². The van der Waals surface area contributed by atoms with Crippen molar-refractivity contribution < 1.29 is 9.18 Å². The first-order chi connectivity index (χ1) is 13.0. The molecular weight excluding hydrogens is 367 g/mol. The predicted octanol–water partition coefficient (Wildman–Crippen LogP) is 2.59. The summed E-state index contributed by atoms with van der Waals surface area (Å²) in [6.07, 6.45) is 6.35. The lowest BCUT2D eigenvalue weighted by atomic mass is 10.1. The standard InChI is InChI=1S/C18H19FN6OS/c19-10-6-14-16(23-7-10)15(17(21)27-14)18(26)24-12-8-22-4-3-13(12)25-5-1-2-11(20)9-25/h3-4,6-8,11H,1-2,5,9,20-21H2,(H,24,26). The molecule has 5 N–H and O–H groups in total. The first-order valence-corrected chi connectivity index (χ1v) is 9.44. The summed E-state index contributed by atoms with van der Waals surface area (Å²) in [5, 5.41) is 3.18. The number of hydrogen-bond donors (Lipinski definition) is 3. The van der Waals surface area contributed by atoms with Crippen molar-refractivity contribution in [2.75, 3.05) is 29.0 Å². The number of rotatable bonds is 3. The molecule has 3 aromatic heterocycles. The first kappa shape index (κ1) is 17.6. The molecule has 1 fully saturated rings. The van der Waals surface area contributed by atoms with Gasteiger partial charge in [0.1, 0.15) is 16.4 Å². The van der Waals surface area contributed by atoms with Gasteiger partial charge in [0.25, 0.3) is 5.91 Å². The number of halogens is 1. The van der Waals surface area contributed by atoms with Crippen LogP contribution in [0.1, 0.15) is 23.2 Å². The number of anilines is 3. The number of thiophene rings is 1. The normalized spacial score (nSPS) is 17.3. The molecule has 0 radical (unpaired) electrons. The predicted molar refractivity (Wildman–Crippen MR) is 106 cm³/mol. The van der Waals surface area contributed by atoms with Gasteiger partial charge in [-0.3, -0.25) is 14.8 Å². The van der Waals surface area contributed by atoms with Crippen LogP contribution < -0.4 is 21.7 Å². The van der Waals surface area contributed by atoms with Crippen LogP contribution in [0.4, 0.5) is 20.8 Å². The Kier molecular flexibility index (Phi) is 4.63. The van der Waals surface area contributed by atoms with E-state index in [0.29, 0.717) is 20.9 Å². The van der Waals surface area contributed by atoms with Gasteiger partial charge < -0.3 is 21.7 Å². The van der Waals surface area contributed by atoms with E-state index in [9.17, 15) is 9.18 Å². The number of nitrogens with one attached hydrogen (secondary N) is 1. The van der Waals surface area contributed by atoms with Gasteiger partial charge >= 0.3 is 0 Å². The molecule has 0 saturated carbocycles. The highest BCUT2D eigenvalue weighted by Crippen LogP contribution is 2.34. The van der Waals surface area contributed by atoms with Gasteiger partial charge in [-0.05, 0) is 25.0 Å². The summed E-state index contributed by atoms with van der Waals surface area (Å²) >= 11 is 1.14. The monoisotopic (exact) mass is 386 g/mol. The maximum absolute atomic E-state index is 13.4. The maximum atomic E-state index is 13.4. The van der Waals surface area contributed by atoms with E-state index >= 15 is 0 Å². The molecule has 0 aliphatic carbocycles. The second-order valence-electron chi connectivity index (χ2n) is 6.54. The van der Waals surface area contributed by atoms with E-state index in [2.05, 4.69) is 20.2 Å². The fourth-order valence-electron chi connectivity index (χ4n) is 3.36. The molecule has 1 atom stereocenters. The Morgan fingerprint density at radius 2 is 2.26 bits per heavy atom. The summed E-state index contributed by atoms with van der Waals surface area (Å²) in [7, 11) is 0. The molecule has 140 valence electrons. The van der Waals surface area contributed by atoms with Gasteiger partial charge in [0, 0.05) is 25.3 Å². The molecule has 0 spiro atoms. The van der Waals surface area contributed by atoms with Gasteiger partial charge in [0.15, 0.2) is 0 Å². The van der Waals surface area contributed by atoms with Crippen LogP contribution in [0.5, 0.6) is 0 Å². The van der Waals surface area contributed by atoms with E-state index in [4.69, 9.17) is 11.5 Å². The smallest absolute Gasteiger partial charge is 0.260 e. The zero-order chi connectivity index (χ0) is 19.0. The molecule has 1 aliphatic rings. The molecule has 7 nitrogen and oxygen atoms in total. The summed E-state index contributed by atoms with van der Waals surface area (Å²) in [5.41, 5.74) is 14.2. The zero-order valence-corrected chi connectivity index (χ0v) is 15.3. The van der Waals surface area contributed by atoms with Crippen LogP contribution in [0.25, 0.3) is 10.2 Å². The summed E-state index contributed by atoms with van der Waals surface area (Å²) in [4.78, 5) is 23.2. The summed E-state index contributed by atoms with van der Waals surface area (Å²) < 4.78 is 13.9.